The lowest BCUT2D eigenvalue weighted by atomic mass is 9.91. The standard InChI is InChI=1S/C19H27N5O2/c1-12(2)14-9-15(13(3)4)17(25)16(10-14)18(26)23-5-7-24(8-6-23)19-20-11-21-22-19/h9-13,25H,5-8H2,1-4H3,(H,20,21,22). The highest BCUT2D eigenvalue weighted by molar-refractivity contribution is 5.97. The number of aromatic nitrogens is 3. The third-order valence-corrected chi connectivity index (χ3v) is 4.95. The van der Waals surface area contributed by atoms with Crippen LogP contribution < -0.4 is 4.90 Å². The van der Waals surface area contributed by atoms with Gasteiger partial charge in [0, 0.05) is 26.2 Å². The quantitative estimate of drug-likeness (QED) is 0.879. The third kappa shape index (κ3) is 3.52. The van der Waals surface area contributed by atoms with E-state index in [2.05, 4.69) is 33.9 Å². The van der Waals surface area contributed by atoms with Crippen LogP contribution in [-0.4, -0.2) is 57.3 Å². The number of aromatic amines is 1. The maximum absolute atomic E-state index is 13.1. The number of benzene rings is 1. The van der Waals surface area contributed by atoms with Crippen molar-refractivity contribution in [1.82, 2.24) is 20.1 Å². The van der Waals surface area contributed by atoms with Gasteiger partial charge in [-0.25, -0.2) is 5.10 Å². The van der Waals surface area contributed by atoms with Gasteiger partial charge in [-0.3, -0.25) is 4.79 Å². The number of rotatable bonds is 4. The zero-order chi connectivity index (χ0) is 18.8. The molecule has 1 aliphatic rings. The molecule has 3 rings (SSSR count). The molecule has 0 unspecified atom stereocenters. The first-order valence-electron chi connectivity index (χ1n) is 9.14. The van der Waals surface area contributed by atoms with Crippen molar-refractivity contribution in [3.8, 4) is 5.75 Å². The summed E-state index contributed by atoms with van der Waals surface area (Å²) in [5, 5.41) is 17.4. The number of piperazine rings is 1. The zero-order valence-electron chi connectivity index (χ0n) is 15.9. The molecule has 140 valence electrons. The monoisotopic (exact) mass is 357 g/mol. The van der Waals surface area contributed by atoms with Gasteiger partial charge in [0.15, 0.2) is 0 Å². The Bertz CT molecular complexity index is 762. The molecule has 1 aromatic carbocycles. The van der Waals surface area contributed by atoms with Crippen molar-refractivity contribution in [3.63, 3.8) is 0 Å². The van der Waals surface area contributed by atoms with Gasteiger partial charge in [-0.15, -0.1) is 0 Å². The Balaban J connectivity index is 1.81. The summed E-state index contributed by atoms with van der Waals surface area (Å²) < 4.78 is 0. The molecule has 1 aromatic heterocycles. The second-order valence-electron chi connectivity index (χ2n) is 7.40. The average Bonchev–Trinajstić information content (AvgIpc) is 3.15. The number of amides is 1. The molecule has 1 aliphatic heterocycles. The van der Waals surface area contributed by atoms with Crippen molar-refractivity contribution in [1.29, 1.82) is 0 Å². The molecule has 1 saturated heterocycles. The molecule has 2 N–H and O–H groups in total. The van der Waals surface area contributed by atoms with Crippen LogP contribution in [0.4, 0.5) is 5.95 Å². The van der Waals surface area contributed by atoms with E-state index in [-0.39, 0.29) is 17.6 Å². The zero-order valence-corrected chi connectivity index (χ0v) is 15.9. The number of carbonyl (C=O) groups excluding carboxylic acids is 1. The van der Waals surface area contributed by atoms with Gasteiger partial charge in [-0.1, -0.05) is 33.8 Å². The van der Waals surface area contributed by atoms with E-state index in [1.165, 1.54) is 6.33 Å². The van der Waals surface area contributed by atoms with Crippen molar-refractivity contribution in [2.45, 2.75) is 39.5 Å². The van der Waals surface area contributed by atoms with Gasteiger partial charge in [0.05, 0.1) is 5.56 Å². The number of H-pyrrole nitrogens is 1. The van der Waals surface area contributed by atoms with Crippen LogP contribution in [0.5, 0.6) is 5.75 Å². The summed E-state index contributed by atoms with van der Waals surface area (Å²) in [6.45, 7) is 10.8. The molecule has 2 heterocycles. The molecule has 0 bridgehead atoms. The van der Waals surface area contributed by atoms with Crippen molar-refractivity contribution < 1.29 is 9.90 Å². The highest BCUT2D eigenvalue weighted by atomic mass is 16.3. The van der Waals surface area contributed by atoms with Crippen molar-refractivity contribution in [2.24, 2.45) is 0 Å². The van der Waals surface area contributed by atoms with Gasteiger partial charge < -0.3 is 14.9 Å². The SMILES string of the molecule is CC(C)c1cc(C(=O)N2CCN(c3ncn[nH]3)CC2)c(O)c(C(C)C)c1. The van der Waals surface area contributed by atoms with E-state index >= 15 is 0 Å². The Hall–Kier alpha value is -2.57. The first-order valence-corrected chi connectivity index (χ1v) is 9.14. The largest absolute Gasteiger partial charge is 0.507 e. The topological polar surface area (TPSA) is 85.4 Å². The molecular weight excluding hydrogens is 330 g/mol. The molecule has 0 saturated carbocycles. The number of anilines is 1. The van der Waals surface area contributed by atoms with Crippen LogP contribution in [-0.2, 0) is 0 Å². The lowest BCUT2D eigenvalue weighted by molar-refractivity contribution is 0.0743. The highest BCUT2D eigenvalue weighted by Crippen LogP contribution is 2.34. The molecule has 0 aliphatic carbocycles. The Morgan fingerprint density at radius 2 is 1.81 bits per heavy atom. The predicted molar refractivity (Wildman–Crippen MR) is 101 cm³/mol. The second kappa shape index (κ2) is 7.35. The summed E-state index contributed by atoms with van der Waals surface area (Å²) in [5.41, 5.74) is 2.32. The van der Waals surface area contributed by atoms with Crippen molar-refractivity contribution in [3.05, 3.63) is 35.2 Å². The molecule has 2 aromatic rings. The first kappa shape index (κ1) is 18.2. The van der Waals surface area contributed by atoms with Gasteiger partial charge in [0.25, 0.3) is 5.91 Å². The fourth-order valence-electron chi connectivity index (χ4n) is 3.26. The van der Waals surface area contributed by atoms with E-state index in [1.54, 1.807) is 4.90 Å². The number of phenolic OH excluding ortho intramolecular Hbond substituents is 1. The minimum Gasteiger partial charge on any atom is -0.507 e. The highest BCUT2D eigenvalue weighted by Gasteiger charge is 2.27. The van der Waals surface area contributed by atoms with Gasteiger partial charge in [-0.2, -0.15) is 10.1 Å². The first-order chi connectivity index (χ1) is 12.4. The third-order valence-electron chi connectivity index (χ3n) is 4.95. The number of nitrogens with zero attached hydrogens (tertiary/aromatic N) is 4. The minimum atomic E-state index is -0.107. The maximum atomic E-state index is 13.1. The summed E-state index contributed by atoms with van der Waals surface area (Å²) in [7, 11) is 0. The van der Waals surface area contributed by atoms with E-state index < -0.39 is 0 Å². The van der Waals surface area contributed by atoms with Gasteiger partial charge in [0.2, 0.25) is 5.95 Å². The molecule has 7 nitrogen and oxygen atoms in total. The number of hydrogen-bond donors (Lipinski definition) is 2. The van der Waals surface area contributed by atoms with Crippen molar-refractivity contribution >= 4 is 11.9 Å². The number of hydrogen-bond acceptors (Lipinski definition) is 5. The van der Waals surface area contributed by atoms with Gasteiger partial charge in [-0.05, 0) is 29.0 Å². The molecule has 7 heteroatoms. The smallest absolute Gasteiger partial charge is 0.257 e. The lowest BCUT2D eigenvalue weighted by Crippen LogP contribution is -2.49. The molecule has 1 amide bonds. The molecule has 0 atom stereocenters. The Labute approximate surface area is 154 Å². The van der Waals surface area contributed by atoms with Gasteiger partial charge >= 0.3 is 0 Å². The van der Waals surface area contributed by atoms with Crippen LogP contribution in [0.2, 0.25) is 0 Å². The molecule has 1 fully saturated rings. The normalized spacial score (nSPS) is 15.2. The van der Waals surface area contributed by atoms with Gasteiger partial charge in [0.1, 0.15) is 12.1 Å². The fourth-order valence-corrected chi connectivity index (χ4v) is 3.26. The molecule has 0 radical (unpaired) electrons. The Kier molecular flexibility index (Phi) is 5.15. The average molecular weight is 357 g/mol. The van der Waals surface area contributed by atoms with Crippen LogP contribution in [0.25, 0.3) is 0 Å². The van der Waals surface area contributed by atoms with E-state index in [4.69, 9.17) is 0 Å². The van der Waals surface area contributed by atoms with E-state index in [1.807, 2.05) is 26.0 Å². The molecular formula is C19H27N5O2. The Morgan fingerprint density at radius 1 is 1.12 bits per heavy atom. The number of nitrogens with one attached hydrogen (secondary N) is 1. The maximum Gasteiger partial charge on any atom is 0.257 e. The Morgan fingerprint density at radius 3 is 2.35 bits per heavy atom. The summed E-state index contributed by atoms with van der Waals surface area (Å²) in [5.74, 6) is 1.19. The summed E-state index contributed by atoms with van der Waals surface area (Å²) in [4.78, 5) is 21.1. The van der Waals surface area contributed by atoms with Crippen LogP contribution in [0, 0.1) is 0 Å². The number of carbonyl (C=O) groups is 1. The van der Waals surface area contributed by atoms with E-state index in [0.29, 0.717) is 37.7 Å². The summed E-state index contributed by atoms with van der Waals surface area (Å²) in [6.07, 6.45) is 1.48. The molecule has 0 spiro atoms. The summed E-state index contributed by atoms with van der Waals surface area (Å²) in [6, 6.07) is 3.86. The lowest BCUT2D eigenvalue weighted by Gasteiger charge is -2.34. The molecule has 26 heavy (non-hydrogen) atoms. The predicted octanol–water partition coefficient (Wildman–Crippen LogP) is 2.72. The summed E-state index contributed by atoms with van der Waals surface area (Å²) >= 11 is 0. The van der Waals surface area contributed by atoms with E-state index in [9.17, 15) is 9.90 Å². The van der Waals surface area contributed by atoms with Crippen LogP contribution in [0.3, 0.4) is 0 Å². The minimum absolute atomic E-state index is 0.107. The van der Waals surface area contributed by atoms with Crippen LogP contribution in [0.1, 0.15) is 61.0 Å². The number of aromatic hydroxyl groups is 1. The van der Waals surface area contributed by atoms with Crippen molar-refractivity contribution in [2.75, 3.05) is 31.1 Å². The van der Waals surface area contributed by atoms with E-state index in [0.717, 1.165) is 17.1 Å². The second-order valence-corrected chi connectivity index (χ2v) is 7.40. The number of phenols is 1. The fraction of sp³-hybridized carbons (Fsp3) is 0.526. The van der Waals surface area contributed by atoms with Crippen LogP contribution >= 0.6 is 0 Å². The van der Waals surface area contributed by atoms with Crippen LogP contribution in [0.15, 0.2) is 18.5 Å².